The van der Waals surface area contributed by atoms with Crippen molar-refractivity contribution in [2.24, 2.45) is 5.41 Å². The third-order valence-electron chi connectivity index (χ3n) is 4.69. The van der Waals surface area contributed by atoms with E-state index in [4.69, 9.17) is 4.74 Å². The van der Waals surface area contributed by atoms with Gasteiger partial charge in [0.1, 0.15) is 5.75 Å². The number of benzene rings is 1. The zero-order valence-corrected chi connectivity index (χ0v) is 14.3. The molecule has 2 atom stereocenters. The molecular formula is C19H31NO. The molecule has 0 aliphatic heterocycles. The van der Waals surface area contributed by atoms with Gasteiger partial charge in [0.15, 0.2) is 0 Å². The minimum Gasteiger partial charge on any atom is -0.491 e. The Morgan fingerprint density at radius 3 is 2.62 bits per heavy atom. The van der Waals surface area contributed by atoms with Gasteiger partial charge in [-0.25, -0.2) is 0 Å². The molecule has 0 heterocycles. The van der Waals surface area contributed by atoms with Crippen LogP contribution in [0.25, 0.3) is 0 Å². The fourth-order valence-corrected chi connectivity index (χ4v) is 3.33. The van der Waals surface area contributed by atoms with Crippen LogP contribution in [0.1, 0.15) is 71.9 Å². The third kappa shape index (κ3) is 4.47. The van der Waals surface area contributed by atoms with E-state index in [0.717, 1.165) is 5.75 Å². The van der Waals surface area contributed by atoms with Gasteiger partial charge in [0, 0.05) is 12.1 Å². The van der Waals surface area contributed by atoms with Crippen LogP contribution in [-0.2, 0) is 0 Å². The second-order valence-corrected chi connectivity index (χ2v) is 7.41. The smallest absolute Gasteiger partial charge is 0.120 e. The van der Waals surface area contributed by atoms with Gasteiger partial charge in [-0.1, -0.05) is 38.8 Å². The highest BCUT2D eigenvalue weighted by Crippen LogP contribution is 2.36. The first kappa shape index (κ1) is 16.4. The fraction of sp³-hybridized carbons (Fsp3) is 0.684. The van der Waals surface area contributed by atoms with Crippen LogP contribution in [0.3, 0.4) is 0 Å². The summed E-state index contributed by atoms with van der Waals surface area (Å²) in [6, 6.07) is 9.48. The molecule has 21 heavy (non-hydrogen) atoms. The maximum absolute atomic E-state index is 5.81. The Morgan fingerprint density at radius 2 is 1.95 bits per heavy atom. The van der Waals surface area contributed by atoms with Gasteiger partial charge < -0.3 is 10.1 Å². The monoisotopic (exact) mass is 289 g/mol. The molecular weight excluding hydrogens is 258 g/mol. The highest BCUT2D eigenvalue weighted by Gasteiger charge is 2.32. The number of ether oxygens (including phenoxy) is 1. The molecule has 2 heteroatoms. The van der Waals surface area contributed by atoms with Gasteiger partial charge in [-0.2, -0.15) is 0 Å². The van der Waals surface area contributed by atoms with Gasteiger partial charge in [-0.3, -0.25) is 0 Å². The number of nitrogens with one attached hydrogen (secondary N) is 1. The zero-order valence-electron chi connectivity index (χ0n) is 14.3. The summed E-state index contributed by atoms with van der Waals surface area (Å²) in [7, 11) is 0. The molecule has 0 saturated heterocycles. The van der Waals surface area contributed by atoms with Crippen molar-refractivity contribution < 1.29 is 4.74 Å². The Balaban J connectivity index is 2.04. The summed E-state index contributed by atoms with van der Waals surface area (Å²) in [5, 5.41) is 3.85. The van der Waals surface area contributed by atoms with Crippen LogP contribution in [0.4, 0.5) is 0 Å². The van der Waals surface area contributed by atoms with Gasteiger partial charge in [-0.05, 0) is 56.7 Å². The lowest BCUT2D eigenvalue weighted by Crippen LogP contribution is -2.45. The van der Waals surface area contributed by atoms with E-state index >= 15 is 0 Å². The van der Waals surface area contributed by atoms with Crippen molar-refractivity contribution >= 4 is 0 Å². The molecule has 0 bridgehead atoms. The zero-order chi connectivity index (χ0) is 15.5. The molecule has 118 valence electrons. The van der Waals surface area contributed by atoms with Crippen LogP contribution in [0.5, 0.6) is 5.75 Å². The van der Waals surface area contributed by atoms with Crippen LogP contribution in [0, 0.1) is 5.41 Å². The molecule has 1 fully saturated rings. The molecule has 1 saturated carbocycles. The highest BCUT2D eigenvalue weighted by atomic mass is 16.5. The molecule has 1 aliphatic carbocycles. The Hall–Kier alpha value is -1.02. The lowest BCUT2D eigenvalue weighted by atomic mass is 9.73. The Morgan fingerprint density at radius 1 is 1.19 bits per heavy atom. The van der Waals surface area contributed by atoms with E-state index in [1.807, 2.05) is 6.07 Å². The Kier molecular flexibility index (Phi) is 5.32. The van der Waals surface area contributed by atoms with E-state index in [1.54, 1.807) is 0 Å². The molecule has 0 spiro atoms. The summed E-state index contributed by atoms with van der Waals surface area (Å²) in [5.74, 6) is 0.971. The molecule has 2 nitrogen and oxygen atoms in total. The summed E-state index contributed by atoms with van der Waals surface area (Å²) in [5.41, 5.74) is 1.72. The minimum atomic E-state index is 0.223. The lowest BCUT2D eigenvalue weighted by Gasteiger charge is -2.41. The maximum atomic E-state index is 5.81. The summed E-state index contributed by atoms with van der Waals surface area (Å²) in [4.78, 5) is 0. The van der Waals surface area contributed by atoms with Gasteiger partial charge >= 0.3 is 0 Å². The lowest BCUT2D eigenvalue weighted by molar-refractivity contribution is 0.157. The first-order chi connectivity index (χ1) is 9.88. The highest BCUT2D eigenvalue weighted by molar-refractivity contribution is 5.30. The van der Waals surface area contributed by atoms with Crippen molar-refractivity contribution in [2.75, 3.05) is 0 Å². The van der Waals surface area contributed by atoms with Gasteiger partial charge in [-0.15, -0.1) is 0 Å². The van der Waals surface area contributed by atoms with Crippen molar-refractivity contribution in [1.29, 1.82) is 0 Å². The largest absolute Gasteiger partial charge is 0.491 e. The predicted molar refractivity (Wildman–Crippen MR) is 89.8 cm³/mol. The van der Waals surface area contributed by atoms with E-state index in [0.29, 0.717) is 17.5 Å². The average Bonchev–Trinajstić information content (AvgIpc) is 2.40. The van der Waals surface area contributed by atoms with Crippen LogP contribution in [0.2, 0.25) is 0 Å². The van der Waals surface area contributed by atoms with E-state index in [1.165, 1.54) is 31.2 Å². The SMILES string of the molecule is CC(C)Oc1cccc(C(C)NC2CCCCC2(C)C)c1. The van der Waals surface area contributed by atoms with Crippen molar-refractivity contribution in [3.8, 4) is 5.75 Å². The van der Waals surface area contributed by atoms with E-state index < -0.39 is 0 Å². The molecule has 1 N–H and O–H groups in total. The standard InChI is InChI=1S/C19H31NO/c1-14(2)21-17-10-8-9-16(13-17)15(3)20-18-11-6-7-12-19(18,4)5/h8-10,13-15,18,20H,6-7,11-12H2,1-5H3. The average molecular weight is 289 g/mol. The normalized spacial score (nSPS) is 23.0. The van der Waals surface area contributed by atoms with Crippen molar-refractivity contribution in [2.45, 2.75) is 78.5 Å². The summed E-state index contributed by atoms with van der Waals surface area (Å²) >= 11 is 0. The van der Waals surface area contributed by atoms with Crippen LogP contribution in [-0.4, -0.2) is 12.1 Å². The predicted octanol–water partition coefficient (Wildman–Crippen LogP) is 5.09. The third-order valence-corrected chi connectivity index (χ3v) is 4.69. The molecule has 1 aliphatic rings. The van der Waals surface area contributed by atoms with Crippen LogP contribution < -0.4 is 10.1 Å². The molecule has 2 unspecified atom stereocenters. The Labute approximate surface area is 130 Å². The van der Waals surface area contributed by atoms with Crippen molar-refractivity contribution in [3.05, 3.63) is 29.8 Å². The Bertz CT molecular complexity index is 453. The van der Waals surface area contributed by atoms with E-state index in [-0.39, 0.29) is 6.10 Å². The molecule has 1 aromatic carbocycles. The first-order valence-electron chi connectivity index (χ1n) is 8.41. The summed E-state index contributed by atoms with van der Waals surface area (Å²) < 4.78 is 5.81. The van der Waals surface area contributed by atoms with E-state index in [9.17, 15) is 0 Å². The summed E-state index contributed by atoms with van der Waals surface area (Å²) in [6.07, 6.45) is 5.57. The minimum absolute atomic E-state index is 0.223. The molecule has 1 aromatic rings. The fourth-order valence-electron chi connectivity index (χ4n) is 3.33. The number of rotatable bonds is 5. The first-order valence-corrected chi connectivity index (χ1v) is 8.41. The van der Waals surface area contributed by atoms with Crippen molar-refractivity contribution in [1.82, 2.24) is 5.32 Å². The van der Waals surface area contributed by atoms with Gasteiger partial charge in [0.25, 0.3) is 0 Å². The van der Waals surface area contributed by atoms with Crippen molar-refractivity contribution in [3.63, 3.8) is 0 Å². The second-order valence-electron chi connectivity index (χ2n) is 7.41. The quantitative estimate of drug-likeness (QED) is 0.815. The molecule has 2 rings (SSSR count). The van der Waals surface area contributed by atoms with Crippen LogP contribution in [0.15, 0.2) is 24.3 Å². The topological polar surface area (TPSA) is 21.3 Å². The number of hydrogen-bond acceptors (Lipinski definition) is 2. The van der Waals surface area contributed by atoms with Gasteiger partial charge in [0.05, 0.1) is 6.10 Å². The second kappa shape index (κ2) is 6.83. The summed E-state index contributed by atoms with van der Waals surface area (Å²) in [6.45, 7) is 11.2. The van der Waals surface area contributed by atoms with Crippen LogP contribution >= 0.6 is 0 Å². The number of hydrogen-bond donors (Lipinski definition) is 1. The van der Waals surface area contributed by atoms with E-state index in [2.05, 4.69) is 58.1 Å². The molecule has 0 amide bonds. The molecule has 0 radical (unpaired) electrons. The maximum Gasteiger partial charge on any atom is 0.120 e. The molecule has 0 aromatic heterocycles. The van der Waals surface area contributed by atoms with Gasteiger partial charge in [0.2, 0.25) is 0 Å².